The molecule has 0 aliphatic heterocycles. The van der Waals surface area contributed by atoms with E-state index in [1.807, 2.05) is 0 Å². The van der Waals surface area contributed by atoms with Crippen molar-refractivity contribution in [3.05, 3.63) is 101 Å². The number of hydrogen-bond acceptors (Lipinski definition) is 4. The summed E-state index contributed by atoms with van der Waals surface area (Å²) in [5.74, 6) is -1.69. The van der Waals surface area contributed by atoms with Gasteiger partial charge >= 0.3 is 12.4 Å². The molecule has 3 N–H and O–H groups in total. The summed E-state index contributed by atoms with van der Waals surface area (Å²) in [5.41, 5.74) is 2.54. The average Bonchev–Trinajstić information content (AvgIpc) is 3.26. The number of primary amides is 1. The lowest BCUT2D eigenvalue weighted by atomic mass is 9.65. The fourth-order valence-corrected chi connectivity index (χ4v) is 4.69. The van der Waals surface area contributed by atoms with Crippen molar-refractivity contribution >= 4 is 11.5 Å². The topological polar surface area (TPSA) is 97.9 Å². The summed E-state index contributed by atoms with van der Waals surface area (Å²) in [6, 6.07) is 6.74. The van der Waals surface area contributed by atoms with Crippen molar-refractivity contribution in [2.24, 2.45) is 11.1 Å². The van der Waals surface area contributed by atoms with E-state index in [1.165, 1.54) is 53.4 Å². The van der Waals surface area contributed by atoms with Gasteiger partial charge in [0.1, 0.15) is 6.26 Å². The lowest BCUT2D eigenvalue weighted by Gasteiger charge is -2.38. The Bertz CT molecular complexity index is 1460. The molecule has 1 aliphatic rings. The number of aromatic nitrogens is 2. The quantitative estimate of drug-likeness (QED) is 0.397. The summed E-state index contributed by atoms with van der Waals surface area (Å²) in [4.78, 5) is 16.6. The smallest absolute Gasteiger partial charge is 0.432 e. The molecule has 1 aliphatic carbocycles. The molecule has 1 amide bonds. The van der Waals surface area contributed by atoms with Gasteiger partial charge in [-0.15, -0.1) is 0 Å². The Hall–Kier alpha value is -4.09. The Morgan fingerprint density at radius 1 is 1.16 bits per heavy atom. The van der Waals surface area contributed by atoms with E-state index in [-0.39, 0.29) is 29.8 Å². The van der Waals surface area contributed by atoms with E-state index in [2.05, 4.69) is 4.98 Å². The Morgan fingerprint density at radius 3 is 2.39 bits per heavy atom. The minimum absolute atomic E-state index is 0.00302. The zero-order valence-corrected chi connectivity index (χ0v) is 19.9. The molecule has 4 rings (SSSR count). The van der Waals surface area contributed by atoms with E-state index < -0.39 is 40.9 Å². The van der Waals surface area contributed by atoms with Crippen LogP contribution in [0.3, 0.4) is 0 Å². The summed E-state index contributed by atoms with van der Waals surface area (Å²) in [6.45, 7) is 1.59. The number of nitrogens with one attached hydrogen (secondary N) is 1. The van der Waals surface area contributed by atoms with Crippen LogP contribution < -0.4 is 11.4 Å². The van der Waals surface area contributed by atoms with Crippen molar-refractivity contribution in [1.29, 1.82) is 5.41 Å². The van der Waals surface area contributed by atoms with Crippen LogP contribution in [0.4, 0.5) is 26.3 Å². The Morgan fingerprint density at radius 2 is 1.84 bits per heavy atom. The predicted octanol–water partition coefficient (Wildman–Crippen LogP) is 5.68. The van der Waals surface area contributed by atoms with Gasteiger partial charge in [-0.3, -0.25) is 19.8 Å². The molecule has 0 saturated carbocycles. The summed E-state index contributed by atoms with van der Waals surface area (Å²) in [6.07, 6.45) is -2.88. The van der Waals surface area contributed by atoms with Crippen molar-refractivity contribution in [3.63, 3.8) is 0 Å². The first-order valence-electron chi connectivity index (χ1n) is 11.3. The van der Waals surface area contributed by atoms with Crippen LogP contribution in [0.1, 0.15) is 41.6 Å². The number of benzene rings is 1. The molecule has 3 aromatic rings. The molecule has 1 aromatic carbocycles. The van der Waals surface area contributed by atoms with Crippen LogP contribution in [0.2, 0.25) is 0 Å². The Kier molecular flexibility index (Phi) is 6.85. The summed E-state index contributed by atoms with van der Waals surface area (Å²) < 4.78 is 87.2. The third kappa shape index (κ3) is 5.15. The van der Waals surface area contributed by atoms with Gasteiger partial charge in [-0.1, -0.05) is 37.3 Å². The van der Waals surface area contributed by atoms with Gasteiger partial charge in [0.2, 0.25) is 5.91 Å². The van der Waals surface area contributed by atoms with Crippen molar-refractivity contribution in [2.75, 3.05) is 0 Å². The van der Waals surface area contributed by atoms with Crippen LogP contribution in [0, 0.1) is 10.8 Å². The van der Waals surface area contributed by atoms with Gasteiger partial charge in [0.05, 0.1) is 11.0 Å². The van der Waals surface area contributed by atoms with Crippen molar-refractivity contribution in [1.82, 2.24) is 9.55 Å². The van der Waals surface area contributed by atoms with Crippen LogP contribution >= 0.6 is 0 Å². The number of carbonyl (C=O) groups excluding carboxylic acids is 1. The summed E-state index contributed by atoms with van der Waals surface area (Å²) in [5, 5.41) is 7.88. The number of oxazole rings is 1. The maximum absolute atomic E-state index is 13.8. The molecule has 200 valence electrons. The third-order valence-corrected chi connectivity index (χ3v) is 6.70. The second kappa shape index (κ2) is 9.66. The standard InChI is InChI=1S/C26H22F6N4O2/c1-15(17-4-6-19(7-5-17)25(27,28)29)24(22(33)37)12-16(14-36-9-10-38-23(36)34)11-18(13-24)20-3-2-8-35-21(20)26(30,31)32/h2-11,13,15,34H,12,14H2,1H3,(H2,33,37)/t15?,24-/m0/s1. The maximum atomic E-state index is 13.8. The zero-order chi connectivity index (χ0) is 27.9. The molecule has 38 heavy (non-hydrogen) atoms. The molecule has 2 heterocycles. The van der Waals surface area contributed by atoms with Crippen LogP contribution in [0.15, 0.2) is 77.2 Å². The SMILES string of the molecule is CC(c1ccc(C(F)(F)F)cc1)[C@@]1(C(N)=O)C=C(c2cccnc2C(F)(F)F)C=C(Cn2ccoc2=N)C1. The maximum Gasteiger partial charge on any atom is 0.433 e. The molecule has 2 aromatic heterocycles. The van der Waals surface area contributed by atoms with E-state index in [0.717, 1.165) is 18.3 Å². The lowest BCUT2D eigenvalue weighted by molar-refractivity contribution is -0.141. The van der Waals surface area contributed by atoms with E-state index in [9.17, 15) is 31.1 Å². The first kappa shape index (κ1) is 27.0. The predicted molar refractivity (Wildman–Crippen MR) is 124 cm³/mol. The molecular formula is C26H22F6N4O2. The molecule has 0 radical (unpaired) electrons. The fourth-order valence-electron chi connectivity index (χ4n) is 4.69. The average molecular weight is 536 g/mol. The molecule has 12 heteroatoms. The van der Waals surface area contributed by atoms with Gasteiger partial charge < -0.3 is 10.2 Å². The number of nitrogens with two attached hydrogens (primary N) is 1. The number of amides is 1. The number of nitrogens with zero attached hydrogens (tertiary/aromatic N) is 2. The first-order chi connectivity index (χ1) is 17.7. The van der Waals surface area contributed by atoms with Crippen LogP contribution in [-0.4, -0.2) is 15.5 Å². The van der Waals surface area contributed by atoms with Gasteiger partial charge in [-0.2, -0.15) is 26.3 Å². The molecule has 2 atom stereocenters. The number of pyridine rings is 1. The lowest BCUT2D eigenvalue weighted by Crippen LogP contribution is -2.42. The van der Waals surface area contributed by atoms with Gasteiger partial charge in [0.15, 0.2) is 5.69 Å². The van der Waals surface area contributed by atoms with E-state index in [4.69, 9.17) is 15.6 Å². The number of halogens is 6. The minimum Gasteiger partial charge on any atom is -0.432 e. The van der Waals surface area contributed by atoms with Crippen LogP contribution in [0.25, 0.3) is 5.57 Å². The number of carbonyl (C=O) groups is 1. The molecule has 1 unspecified atom stereocenters. The Balaban J connectivity index is 1.89. The van der Waals surface area contributed by atoms with Gasteiger partial charge in [-0.25, -0.2) is 0 Å². The number of rotatable bonds is 6. The van der Waals surface area contributed by atoms with Crippen LogP contribution in [-0.2, 0) is 23.7 Å². The zero-order valence-electron chi connectivity index (χ0n) is 19.9. The van der Waals surface area contributed by atoms with E-state index >= 15 is 0 Å². The molecule has 0 spiro atoms. The molecule has 0 fully saturated rings. The number of allylic oxidation sites excluding steroid dienone is 3. The fraction of sp³-hybridized carbons (Fsp3) is 0.269. The highest BCUT2D eigenvalue weighted by Gasteiger charge is 2.45. The van der Waals surface area contributed by atoms with Crippen molar-refractivity contribution < 1.29 is 35.6 Å². The van der Waals surface area contributed by atoms with Gasteiger partial charge in [-0.05, 0) is 47.2 Å². The first-order valence-corrected chi connectivity index (χ1v) is 11.3. The molecule has 0 saturated heterocycles. The third-order valence-electron chi connectivity index (χ3n) is 6.70. The molecule has 6 nitrogen and oxygen atoms in total. The monoisotopic (exact) mass is 536 g/mol. The summed E-state index contributed by atoms with van der Waals surface area (Å²) >= 11 is 0. The summed E-state index contributed by atoms with van der Waals surface area (Å²) in [7, 11) is 0. The number of hydrogen-bond donors (Lipinski definition) is 2. The van der Waals surface area contributed by atoms with Crippen LogP contribution in [0.5, 0.6) is 0 Å². The molecular weight excluding hydrogens is 514 g/mol. The molecule has 0 bridgehead atoms. The normalized spacial score (nSPS) is 19.0. The largest absolute Gasteiger partial charge is 0.433 e. The minimum atomic E-state index is -4.80. The highest BCUT2D eigenvalue weighted by molar-refractivity contribution is 5.90. The van der Waals surface area contributed by atoms with E-state index in [1.54, 1.807) is 6.92 Å². The van der Waals surface area contributed by atoms with Gasteiger partial charge in [0.25, 0.3) is 5.68 Å². The second-order valence-corrected chi connectivity index (χ2v) is 9.06. The van der Waals surface area contributed by atoms with Crippen molar-refractivity contribution in [3.8, 4) is 0 Å². The second-order valence-electron chi connectivity index (χ2n) is 9.06. The van der Waals surface area contributed by atoms with Gasteiger partial charge in [0, 0.05) is 24.5 Å². The van der Waals surface area contributed by atoms with E-state index in [0.29, 0.717) is 11.1 Å². The number of alkyl halides is 6. The Labute approximate surface area is 212 Å². The van der Waals surface area contributed by atoms with Crippen molar-refractivity contribution in [2.45, 2.75) is 38.2 Å². The highest BCUT2D eigenvalue weighted by Crippen LogP contribution is 2.48. The highest BCUT2D eigenvalue weighted by atomic mass is 19.4.